The third-order valence-corrected chi connectivity index (χ3v) is 12.2. The van der Waals surface area contributed by atoms with E-state index in [0.717, 1.165) is 96.3 Å². The number of ether oxygens (including phenoxy) is 5. The summed E-state index contributed by atoms with van der Waals surface area (Å²) in [5.74, 6) is -3.34. The summed E-state index contributed by atoms with van der Waals surface area (Å²) in [7, 11) is 0. The van der Waals surface area contributed by atoms with Crippen LogP contribution in [0.25, 0.3) is 0 Å². The molecule has 0 amide bonds. The van der Waals surface area contributed by atoms with Gasteiger partial charge >= 0.3 is 23.9 Å². The molecule has 432 valence electrons. The zero-order chi connectivity index (χ0) is 56.1. The van der Waals surface area contributed by atoms with Crippen LogP contribution in [-0.2, 0) is 42.9 Å². The molecule has 0 spiro atoms. The van der Waals surface area contributed by atoms with E-state index in [-0.39, 0.29) is 25.9 Å². The molecule has 0 aromatic rings. The van der Waals surface area contributed by atoms with Crippen LogP contribution in [0.3, 0.4) is 0 Å². The lowest BCUT2D eigenvalue weighted by atomic mass is 9.98. The number of hydrogen-bond acceptors (Lipinski definition) is 11. The zero-order valence-electron chi connectivity index (χ0n) is 47.4. The van der Waals surface area contributed by atoms with E-state index in [4.69, 9.17) is 23.7 Å². The number of hydrogen-bond donors (Lipinski definition) is 3. The number of aliphatic carboxylic acids is 1. The Kier molecular flexibility index (Phi) is 46.8. The predicted octanol–water partition coefficient (Wildman–Crippen LogP) is 15.0. The topological polar surface area (TPSA) is 175 Å². The highest BCUT2D eigenvalue weighted by Gasteiger charge is 2.50. The minimum Gasteiger partial charge on any atom is -0.479 e. The minimum atomic E-state index is -1.94. The van der Waals surface area contributed by atoms with Gasteiger partial charge in [-0.3, -0.25) is 14.4 Å². The van der Waals surface area contributed by atoms with E-state index in [0.29, 0.717) is 32.1 Å². The van der Waals surface area contributed by atoms with E-state index >= 15 is 0 Å². The SMILES string of the molecule is CC/C=C\C/C=C\C/C=C\C/C=C\C/C=C\CCCC(=O)OC1C(OCC(COC(=O)CCCCCCCCC/C=C\C/C=C\CCCCC)OC(=O)CC/C=C\C/C=C\C/C=C\C/C=C\CC)OC(C(=O)O)C(O)C1O. The number of allylic oxidation sites excluding steroid dienone is 22. The van der Waals surface area contributed by atoms with Gasteiger partial charge < -0.3 is 39.0 Å². The lowest BCUT2D eigenvalue weighted by molar-refractivity contribution is -0.301. The van der Waals surface area contributed by atoms with Crippen LogP contribution in [0.1, 0.15) is 201 Å². The van der Waals surface area contributed by atoms with Gasteiger partial charge in [0.15, 0.2) is 24.6 Å². The summed E-state index contributed by atoms with van der Waals surface area (Å²) in [4.78, 5) is 51.0. The number of carboxylic acids is 1. The molecule has 1 aliphatic rings. The van der Waals surface area contributed by atoms with Crippen molar-refractivity contribution >= 4 is 23.9 Å². The quantitative estimate of drug-likeness (QED) is 0.0228. The first-order chi connectivity index (χ1) is 37.6. The van der Waals surface area contributed by atoms with Gasteiger partial charge in [-0.1, -0.05) is 199 Å². The number of esters is 3. The maximum absolute atomic E-state index is 13.1. The largest absolute Gasteiger partial charge is 0.479 e. The van der Waals surface area contributed by atoms with E-state index in [1.807, 2.05) is 24.3 Å². The first kappa shape index (κ1) is 69.9. The summed E-state index contributed by atoms with van der Waals surface area (Å²) in [6, 6.07) is 0. The van der Waals surface area contributed by atoms with E-state index in [9.17, 15) is 34.5 Å². The molecule has 0 bridgehead atoms. The van der Waals surface area contributed by atoms with Gasteiger partial charge in [-0.2, -0.15) is 0 Å². The molecule has 0 aromatic heterocycles. The van der Waals surface area contributed by atoms with Crippen LogP contribution in [0.4, 0.5) is 0 Å². The van der Waals surface area contributed by atoms with Crippen molar-refractivity contribution in [2.75, 3.05) is 13.2 Å². The van der Waals surface area contributed by atoms with E-state index in [1.54, 1.807) is 0 Å². The Labute approximate surface area is 464 Å². The fourth-order valence-electron chi connectivity index (χ4n) is 7.80. The van der Waals surface area contributed by atoms with Gasteiger partial charge in [-0.25, -0.2) is 4.79 Å². The third kappa shape index (κ3) is 41.6. The monoisotopic (exact) mass is 1070 g/mol. The first-order valence-electron chi connectivity index (χ1n) is 29.2. The van der Waals surface area contributed by atoms with Crippen molar-refractivity contribution in [3.8, 4) is 0 Å². The van der Waals surface area contributed by atoms with Crippen LogP contribution < -0.4 is 0 Å². The van der Waals surface area contributed by atoms with E-state index < -0.39 is 67.3 Å². The molecule has 1 heterocycles. The van der Waals surface area contributed by atoms with Crippen LogP contribution >= 0.6 is 0 Å². The Balaban J connectivity index is 2.77. The number of rotatable bonds is 47. The molecule has 0 aromatic carbocycles. The molecule has 1 saturated heterocycles. The summed E-state index contributed by atoms with van der Waals surface area (Å²) < 4.78 is 28.2. The van der Waals surface area contributed by atoms with Crippen molar-refractivity contribution in [2.45, 2.75) is 237 Å². The van der Waals surface area contributed by atoms with Gasteiger partial charge in [0.25, 0.3) is 0 Å². The smallest absolute Gasteiger partial charge is 0.335 e. The molecular formula is C65H100O12. The molecule has 1 rings (SSSR count). The molecule has 12 heteroatoms. The number of carboxylic acid groups (broad SMARTS) is 1. The summed E-state index contributed by atoms with van der Waals surface area (Å²) in [5.41, 5.74) is 0. The second-order valence-corrected chi connectivity index (χ2v) is 19.2. The Morgan fingerprint density at radius 2 is 0.857 bits per heavy atom. The van der Waals surface area contributed by atoms with Gasteiger partial charge in [0.2, 0.25) is 0 Å². The molecule has 77 heavy (non-hydrogen) atoms. The predicted molar refractivity (Wildman–Crippen MR) is 312 cm³/mol. The second-order valence-electron chi connectivity index (χ2n) is 19.2. The van der Waals surface area contributed by atoms with Gasteiger partial charge in [0.1, 0.15) is 18.8 Å². The van der Waals surface area contributed by atoms with Crippen LogP contribution in [0, 0.1) is 0 Å². The molecule has 12 nitrogen and oxygen atoms in total. The molecule has 0 saturated carbocycles. The molecule has 3 N–H and O–H groups in total. The highest BCUT2D eigenvalue weighted by molar-refractivity contribution is 5.74. The fraction of sp³-hybridized carbons (Fsp3) is 0.600. The van der Waals surface area contributed by atoms with Crippen LogP contribution in [0.5, 0.6) is 0 Å². The van der Waals surface area contributed by atoms with E-state index in [1.165, 1.54) is 32.1 Å². The van der Waals surface area contributed by atoms with E-state index in [2.05, 4.69) is 130 Å². The summed E-state index contributed by atoms with van der Waals surface area (Å²) in [6.07, 6.45) is 60.2. The number of carbonyl (C=O) groups is 4. The minimum absolute atomic E-state index is 0.0258. The van der Waals surface area contributed by atoms with Crippen molar-refractivity contribution in [1.82, 2.24) is 0 Å². The fourth-order valence-corrected chi connectivity index (χ4v) is 7.80. The summed E-state index contributed by atoms with van der Waals surface area (Å²) in [5, 5.41) is 31.4. The lowest BCUT2D eigenvalue weighted by Crippen LogP contribution is -2.61. The standard InChI is InChI=1S/C65H100O12/c1-4-7-10-13-16-19-22-25-27-29-31-34-36-39-42-45-48-51-57(66)73-54-56(75-58(67)52-49-46-43-40-37-33-24-21-18-15-12-9-6-3)55-74-65-63(61(70)60(69)62(77-65)64(71)72)76-59(68)53-50-47-44-41-38-35-32-30-28-26-23-20-17-14-11-8-5-2/h8-9,11-12,16-21,25-28,32-33,35,37,41,43-44,46,56,60-63,65,69-70H,4-7,10,13-15,22-24,29-31,34,36,38-40,42,45,47-55H2,1-3H3,(H,71,72)/b11-8-,12-9-,19-16-,20-17-,21-18-,27-25-,28-26-,35-32-,37-33-,44-41-,46-43-. The van der Waals surface area contributed by atoms with Gasteiger partial charge in [-0.15, -0.1) is 0 Å². The Hall–Kier alpha value is -5.14. The molecular weight excluding hydrogens is 973 g/mol. The molecule has 6 unspecified atom stereocenters. The van der Waals surface area contributed by atoms with Gasteiger partial charge in [0, 0.05) is 19.3 Å². The maximum Gasteiger partial charge on any atom is 0.335 e. The molecule has 1 aliphatic heterocycles. The van der Waals surface area contributed by atoms with Crippen LogP contribution in [-0.4, -0.2) is 89.2 Å². The summed E-state index contributed by atoms with van der Waals surface area (Å²) in [6.45, 7) is 5.62. The summed E-state index contributed by atoms with van der Waals surface area (Å²) >= 11 is 0. The Morgan fingerprint density at radius 3 is 1.34 bits per heavy atom. The number of unbranched alkanes of at least 4 members (excludes halogenated alkanes) is 11. The Bertz CT molecular complexity index is 1850. The van der Waals surface area contributed by atoms with Crippen LogP contribution in [0.15, 0.2) is 134 Å². The molecule has 1 fully saturated rings. The van der Waals surface area contributed by atoms with Crippen molar-refractivity contribution in [2.24, 2.45) is 0 Å². The first-order valence-corrected chi connectivity index (χ1v) is 29.2. The molecule has 6 atom stereocenters. The maximum atomic E-state index is 13.1. The van der Waals surface area contributed by atoms with Crippen molar-refractivity contribution in [1.29, 1.82) is 0 Å². The second kappa shape index (κ2) is 51.6. The average Bonchev–Trinajstić information content (AvgIpc) is 3.42. The highest BCUT2D eigenvalue weighted by Crippen LogP contribution is 2.26. The van der Waals surface area contributed by atoms with Crippen molar-refractivity contribution < 1.29 is 58.2 Å². The van der Waals surface area contributed by atoms with Crippen molar-refractivity contribution in [3.63, 3.8) is 0 Å². The molecule has 0 aliphatic carbocycles. The van der Waals surface area contributed by atoms with Gasteiger partial charge in [-0.05, 0) is 116 Å². The third-order valence-electron chi connectivity index (χ3n) is 12.2. The van der Waals surface area contributed by atoms with Crippen molar-refractivity contribution in [3.05, 3.63) is 134 Å². The van der Waals surface area contributed by atoms with Gasteiger partial charge in [0.05, 0.1) is 6.61 Å². The average molecular weight is 1070 g/mol. The normalized spacial score (nSPS) is 19.0. The number of carbonyl (C=O) groups excluding carboxylic acids is 3. The number of aliphatic hydroxyl groups excluding tert-OH is 2. The number of aliphatic hydroxyl groups is 2. The van der Waals surface area contributed by atoms with Crippen LogP contribution in [0.2, 0.25) is 0 Å². The zero-order valence-corrected chi connectivity index (χ0v) is 47.4. The molecule has 0 radical (unpaired) electrons. The highest BCUT2D eigenvalue weighted by atomic mass is 16.7. The Morgan fingerprint density at radius 1 is 0.442 bits per heavy atom. The lowest BCUT2D eigenvalue weighted by Gasteiger charge is -2.40.